The molecule has 0 amide bonds. The zero-order valence-electron chi connectivity index (χ0n) is 11.3. The summed E-state index contributed by atoms with van der Waals surface area (Å²) >= 11 is 0. The highest BCUT2D eigenvalue weighted by molar-refractivity contribution is 7.85. The predicted octanol–water partition coefficient (Wildman–Crippen LogP) is 1.67. The molecule has 0 aliphatic carbocycles. The van der Waals surface area contributed by atoms with Crippen molar-refractivity contribution in [2.45, 2.75) is 25.8 Å². The van der Waals surface area contributed by atoms with Gasteiger partial charge in [-0.3, -0.25) is 4.21 Å². The molecule has 1 aromatic rings. The zero-order valence-corrected chi connectivity index (χ0v) is 12.1. The second kappa shape index (κ2) is 6.48. The second-order valence-electron chi connectivity index (χ2n) is 4.95. The summed E-state index contributed by atoms with van der Waals surface area (Å²) in [5, 5.41) is 0. The molecule has 2 rings (SSSR count). The molecule has 1 saturated heterocycles. The fraction of sp³-hybridized carbons (Fsp3) is 0.571. The van der Waals surface area contributed by atoms with Crippen LogP contribution >= 0.6 is 0 Å². The van der Waals surface area contributed by atoms with Crippen LogP contribution in [0.4, 0.5) is 10.1 Å². The van der Waals surface area contributed by atoms with Gasteiger partial charge in [0.15, 0.2) is 0 Å². The van der Waals surface area contributed by atoms with Crippen LogP contribution in [0.2, 0.25) is 0 Å². The molecule has 1 aliphatic rings. The molecule has 2 N–H and O–H groups in total. The molecular weight excluding hydrogens is 263 g/mol. The van der Waals surface area contributed by atoms with Gasteiger partial charge in [-0.15, -0.1) is 0 Å². The Kier molecular flexibility index (Phi) is 4.93. The molecule has 0 spiro atoms. The topological polar surface area (TPSA) is 46.3 Å². The van der Waals surface area contributed by atoms with E-state index in [0.717, 1.165) is 25.2 Å². The van der Waals surface area contributed by atoms with E-state index < -0.39 is 10.8 Å². The molecule has 1 aromatic carbocycles. The summed E-state index contributed by atoms with van der Waals surface area (Å²) in [6.07, 6.45) is 1.38. The first-order chi connectivity index (χ1) is 9.11. The maximum absolute atomic E-state index is 14.0. The summed E-state index contributed by atoms with van der Waals surface area (Å²) < 4.78 is 25.4. The highest BCUT2D eigenvalue weighted by Gasteiger charge is 2.20. The van der Waals surface area contributed by atoms with Crippen LogP contribution in [-0.4, -0.2) is 34.8 Å². The lowest BCUT2D eigenvalue weighted by atomic mass is 10.0. The van der Waals surface area contributed by atoms with Crippen LogP contribution in [0.25, 0.3) is 0 Å². The Balaban J connectivity index is 2.24. The SMILES string of the molecule is CCC(N)Cc1c(F)cccc1N1CCS(=O)CC1. The minimum absolute atomic E-state index is 0.0189. The molecule has 1 heterocycles. The standard InChI is InChI=1S/C14H21FN2OS/c1-2-11(16)10-12-13(15)4-3-5-14(12)17-6-8-19(18)9-7-17/h3-5,11H,2,6-10,16H2,1H3. The summed E-state index contributed by atoms with van der Waals surface area (Å²) in [5.41, 5.74) is 7.58. The number of rotatable bonds is 4. The number of anilines is 1. The lowest BCUT2D eigenvalue weighted by Gasteiger charge is -2.31. The molecule has 1 atom stereocenters. The molecule has 0 aromatic heterocycles. The van der Waals surface area contributed by atoms with Crippen LogP contribution < -0.4 is 10.6 Å². The maximum Gasteiger partial charge on any atom is 0.128 e. The van der Waals surface area contributed by atoms with E-state index in [1.165, 1.54) is 6.07 Å². The summed E-state index contributed by atoms with van der Waals surface area (Å²) in [5.74, 6) is 1.14. The summed E-state index contributed by atoms with van der Waals surface area (Å²) in [6, 6.07) is 5.14. The molecular formula is C14H21FN2OS. The van der Waals surface area contributed by atoms with Crippen molar-refractivity contribution in [1.82, 2.24) is 0 Å². The van der Waals surface area contributed by atoms with Crippen LogP contribution in [0.3, 0.4) is 0 Å². The smallest absolute Gasteiger partial charge is 0.128 e. The van der Waals surface area contributed by atoms with E-state index in [4.69, 9.17) is 5.73 Å². The first kappa shape index (κ1) is 14.5. The third-order valence-corrected chi connectivity index (χ3v) is 4.88. The minimum Gasteiger partial charge on any atom is -0.369 e. The largest absolute Gasteiger partial charge is 0.369 e. The van der Waals surface area contributed by atoms with Crippen molar-refractivity contribution in [3.8, 4) is 0 Å². The van der Waals surface area contributed by atoms with Crippen molar-refractivity contribution >= 4 is 16.5 Å². The van der Waals surface area contributed by atoms with Gasteiger partial charge < -0.3 is 10.6 Å². The van der Waals surface area contributed by atoms with Gasteiger partial charge in [0.2, 0.25) is 0 Å². The van der Waals surface area contributed by atoms with E-state index >= 15 is 0 Å². The number of benzene rings is 1. The van der Waals surface area contributed by atoms with Crippen molar-refractivity contribution in [2.24, 2.45) is 5.73 Å². The van der Waals surface area contributed by atoms with Crippen LogP contribution in [0.1, 0.15) is 18.9 Å². The van der Waals surface area contributed by atoms with E-state index in [0.29, 0.717) is 23.5 Å². The fourth-order valence-corrected chi connectivity index (χ4v) is 3.38. The average Bonchev–Trinajstić information content (AvgIpc) is 2.42. The number of nitrogens with zero attached hydrogens (tertiary/aromatic N) is 1. The summed E-state index contributed by atoms with van der Waals surface area (Å²) in [4.78, 5) is 2.13. The van der Waals surface area contributed by atoms with Crippen molar-refractivity contribution in [1.29, 1.82) is 0 Å². The normalized spacial score (nSPS) is 18.6. The van der Waals surface area contributed by atoms with Gasteiger partial charge in [-0.05, 0) is 25.0 Å². The van der Waals surface area contributed by atoms with Gasteiger partial charge in [-0.25, -0.2) is 4.39 Å². The first-order valence-electron chi connectivity index (χ1n) is 6.74. The quantitative estimate of drug-likeness (QED) is 0.915. The number of hydrogen-bond donors (Lipinski definition) is 1. The van der Waals surface area contributed by atoms with Crippen LogP contribution in [0, 0.1) is 5.82 Å². The lowest BCUT2D eigenvalue weighted by molar-refractivity contribution is 0.577. The molecule has 5 heteroatoms. The van der Waals surface area contributed by atoms with E-state index in [2.05, 4.69) is 4.90 Å². The minimum atomic E-state index is -0.719. The van der Waals surface area contributed by atoms with Crippen LogP contribution in [-0.2, 0) is 17.2 Å². The Hall–Kier alpha value is -0.940. The Labute approximate surface area is 116 Å². The zero-order chi connectivity index (χ0) is 13.8. The monoisotopic (exact) mass is 284 g/mol. The van der Waals surface area contributed by atoms with Gasteiger partial charge in [-0.1, -0.05) is 13.0 Å². The number of hydrogen-bond acceptors (Lipinski definition) is 3. The predicted molar refractivity (Wildman–Crippen MR) is 78.5 cm³/mol. The fourth-order valence-electron chi connectivity index (χ4n) is 2.33. The van der Waals surface area contributed by atoms with Gasteiger partial charge in [0.25, 0.3) is 0 Å². The van der Waals surface area contributed by atoms with E-state index in [1.807, 2.05) is 13.0 Å². The maximum atomic E-state index is 14.0. The highest BCUT2D eigenvalue weighted by Crippen LogP contribution is 2.26. The Morgan fingerprint density at radius 2 is 2.11 bits per heavy atom. The Bertz CT molecular complexity index is 457. The van der Waals surface area contributed by atoms with Gasteiger partial charge >= 0.3 is 0 Å². The highest BCUT2D eigenvalue weighted by atomic mass is 32.2. The first-order valence-corrected chi connectivity index (χ1v) is 8.23. The van der Waals surface area contributed by atoms with E-state index in [-0.39, 0.29) is 11.9 Å². The van der Waals surface area contributed by atoms with Crippen molar-refractivity contribution < 1.29 is 8.60 Å². The van der Waals surface area contributed by atoms with Crippen LogP contribution in [0.5, 0.6) is 0 Å². The van der Waals surface area contributed by atoms with Crippen molar-refractivity contribution in [2.75, 3.05) is 29.5 Å². The molecule has 1 aliphatic heterocycles. The summed E-state index contributed by atoms with van der Waals surface area (Å²) in [6.45, 7) is 3.46. The molecule has 3 nitrogen and oxygen atoms in total. The lowest BCUT2D eigenvalue weighted by Crippen LogP contribution is -2.38. The molecule has 1 fully saturated rings. The van der Waals surface area contributed by atoms with Crippen LogP contribution in [0.15, 0.2) is 18.2 Å². The van der Waals surface area contributed by atoms with Gasteiger partial charge in [-0.2, -0.15) is 0 Å². The molecule has 0 saturated carbocycles. The molecule has 0 radical (unpaired) electrons. The van der Waals surface area contributed by atoms with Crippen molar-refractivity contribution in [3.63, 3.8) is 0 Å². The van der Waals surface area contributed by atoms with E-state index in [9.17, 15) is 8.60 Å². The van der Waals surface area contributed by atoms with Gasteiger partial charge in [0.05, 0.1) is 0 Å². The third-order valence-electron chi connectivity index (χ3n) is 3.60. The molecule has 19 heavy (non-hydrogen) atoms. The van der Waals surface area contributed by atoms with Gasteiger partial charge in [0, 0.05) is 52.7 Å². The third kappa shape index (κ3) is 3.54. The van der Waals surface area contributed by atoms with Gasteiger partial charge in [0.1, 0.15) is 5.82 Å². The van der Waals surface area contributed by atoms with E-state index in [1.54, 1.807) is 6.07 Å². The number of halogens is 1. The van der Waals surface area contributed by atoms with Crippen molar-refractivity contribution in [3.05, 3.63) is 29.6 Å². The second-order valence-corrected chi connectivity index (χ2v) is 6.64. The Morgan fingerprint density at radius 1 is 1.42 bits per heavy atom. The number of nitrogens with two attached hydrogens (primary N) is 1. The summed E-state index contributed by atoms with van der Waals surface area (Å²) in [7, 11) is -0.719. The molecule has 0 bridgehead atoms. The molecule has 1 unspecified atom stereocenters. The molecule has 106 valence electrons. The Morgan fingerprint density at radius 3 is 2.74 bits per heavy atom. The average molecular weight is 284 g/mol.